The molecule has 2 unspecified atom stereocenters. The number of benzene rings is 2. The average Bonchev–Trinajstić information content (AvgIpc) is 2.53. The van der Waals surface area contributed by atoms with Gasteiger partial charge >= 0.3 is 0 Å². The van der Waals surface area contributed by atoms with Gasteiger partial charge in [-0.25, -0.2) is 0 Å². The molecule has 1 aliphatic rings. The van der Waals surface area contributed by atoms with Gasteiger partial charge in [0.25, 0.3) is 0 Å². The second-order valence-corrected chi connectivity index (χ2v) is 6.11. The Bertz CT molecular complexity index is 522. The molecule has 0 bridgehead atoms. The van der Waals surface area contributed by atoms with Gasteiger partial charge in [0, 0.05) is 11.8 Å². The fourth-order valence-electron chi connectivity index (χ4n) is 3.43. The highest BCUT2D eigenvalue weighted by Gasteiger charge is 2.30. The van der Waals surface area contributed by atoms with Gasteiger partial charge in [0.05, 0.1) is 0 Å². The molecule has 2 aromatic rings. The Morgan fingerprint density at radius 1 is 0.714 bits per heavy atom. The average molecular weight is 278 g/mol. The standard InChI is InChI=1S/C20H22O/c21-20-18(14-16-8-3-1-4-9-16)12-7-13-19(20)15-17-10-5-2-6-11-17/h1-6,8-11,18-19H,7,12-15H2. The number of rotatable bonds is 4. The molecule has 0 N–H and O–H groups in total. The van der Waals surface area contributed by atoms with E-state index < -0.39 is 0 Å². The third kappa shape index (κ3) is 3.60. The molecule has 0 aromatic heterocycles. The van der Waals surface area contributed by atoms with Crippen molar-refractivity contribution in [2.45, 2.75) is 32.1 Å². The van der Waals surface area contributed by atoms with E-state index in [2.05, 4.69) is 48.5 Å². The van der Waals surface area contributed by atoms with Gasteiger partial charge in [0.1, 0.15) is 5.78 Å². The first-order valence-corrected chi connectivity index (χ1v) is 7.94. The van der Waals surface area contributed by atoms with Crippen LogP contribution in [-0.2, 0) is 17.6 Å². The van der Waals surface area contributed by atoms with Crippen LogP contribution in [0.2, 0.25) is 0 Å². The van der Waals surface area contributed by atoms with Crippen molar-refractivity contribution in [1.82, 2.24) is 0 Å². The molecule has 0 spiro atoms. The van der Waals surface area contributed by atoms with Gasteiger partial charge in [-0.15, -0.1) is 0 Å². The second kappa shape index (κ2) is 6.71. The number of hydrogen-bond acceptors (Lipinski definition) is 1. The molecule has 108 valence electrons. The van der Waals surface area contributed by atoms with Gasteiger partial charge in [-0.1, -0.05) is 67.1 Å². The maximum atomic E-state index is 12.7. The topological polar surface area (TPSA) is 17.1 Å². The van der Waals surface area contributed by atoms with Gasteiger partial charge in [-0.3, -0.25) is 4.79 Å². The normalized spacial score (nSPS) is 22.2. The monoisotopic (exact) mass is 278 g/mol. The SMILES string of the molecule is O=C1C(Cc2ccccc2)CCCC1Cc1ccccc1. The summed E-state index contributed by atoms with van der Waals surface area (Å²) < 4.78 is 0. The number of ketones is 1. The quantitative estimate of drug-likeness (QED) is 0.807. The summed E-state index contributed by atoms with van der Waals surface area (Å²) >= 11 is 0. The Balaban J connectivity index is 1.66. The van der Waals surface area contributed by atoms with Gasteiger partial charge in [-0.05, 0) is 36.8 Å². The largest absolute Gasteiger partial charge is 0.299 e. The van der Waals surface area contributed by atoms with Crippen LogP contribution in [0.4, 0.5) is 0 Å². The van der Waals surface area contributed by atoms with E-state index in [0.717, 1.165) is 25.7 Å². The van der Waals surface area contributed by atoms with Crippen molar-refractivity contribution in [1.29, 1.82) is 0 Å². The van der Waals surface area contributed by atoms with E-state index in [9.17, 15) is 4.79 Å². The fourth-order valence-corrected chi connectivity index (χ4v) is 3.43. The summed E-state index contributed by atoms with van der Waals surface area (Å²) in [6.45, 7) is 0. The van der Waals surface area contributed by atoms with E-state index in [-0.39, 0.29) is 11.8 Å². The van der Waals surface area contributed by atoms with E-state index in [1.807, 2.05) is 12.1 Å². The number of hydrogen-bond donors (Lipinski definition) is 0. The van der Waals surface area contributed by atoms with Crippen molar-refractivity contribution < 1.29 is 4.79 Å². The molecular weight excluding hydrogens is 256 g/mol. The molecule has 0 aliphatic heterocycles. The summed E-state index contributed by atoms with van der Waals surface area (Å²) in [6, 6.07) is 20.8. The molecule has 0 amide bonds. The Labute approximate surface area is 127 Å². The first-order chi connectivity index (χ1) is 10.3. The van der Waals surface area contributed by atoms with Crippen LogP contribution in [0.3, 0.4) is 0 Å². The molecule has 1 nitrogen and oxygen atoms in total. The van der Waals surface area contributed by atoms with Gasteiger partial charge < -0.3 is 0 Å². The molecule has 2 atom stereocenters. The molecule has 3 rings (SSSR count). The molecule has 1 aliphatic carbocycles. The smallest absolute Gasteiger partial charge is 0.139 e. The molecule has 0 saturated heterocycles. The van der Waals surface area contributed by atoms with Crippen molar-refractivity contribution in [2.24, 2.45) is 11.8 Å². The first-order valence-electron chi connectivity index (χ1n) is 7.94. The zero-order valence-electron chi connectivity index (χ0n) is 12.4. The summed E-state index contributed by atoms with van der Waals surface area (Å²) in [4.78, 5) is 12.7. The summed E-state index contributed by atoms with van der Waals surface area (Å²) in [5.74, 6) is 0.915. The van der Waals surface area contributed by atoms with Crippen molar-refractivity contribution in [2.75, 3.05) is 0 Å². The zero-order valence-corrected chi connectivity index (χ0v) is 12.4. The van der Waals surface area contributed by atoms with Crippen LogP contribution in [0.15, 0.2) is 60.7 Å². The van der Waals surface area contributed by atoms with E-state index in [0.29, 0.717) is 5.78 Å². The van der Waals surface area contributed by atoms with Gasteiger partial charge in [0.2, 0.25) is 0 Å². The molecule has 21 heavy (non-hydrogen) atoms. The first kappa shape index (κ1) is 14.1. The number of Topliss-reactive ketones (excluding diaryl/α,β-unsaturated/α-hetero) is 1. The predicted molar refractivity (Wildman–Crippen MR) is 86.1 cm³/mol. The lowest BCUT2D eigenvalue weighted by atomic mass is 9.75. The Morgan fingerprint density at radius 2 is 1.14 bits per heavy atom. The Morgan fingerprint density at radius 3 is 1.57 bits per heavy atom. The molecular formula is C20H22O. The highest BCUT2D eigenvalue weighted by atomic mass is 16.1. The summed E-state index contributed by atoms with van der Waals surface area (Å²) in [7, 11) is 0. The van der Waals surface area contributed by atoms with Crippen LogP contribution in [0.25, 0.3) is 0 Å². The maximum Gasteiger partial charge on any atom is 0.139 e. The molecule has 2 aromatic carbocycles. The number of carbonyl (C=O) groups is 1. The lowest BCUT2D eigenvalue weighted by molar-refractivity contribution is -0.129. The van der Waals surface area contributed by atoms with Crippen molar-refractivity contribution >= 4 is 5.78 Å². The van der Waals surface area contributed by atoms with E-state index >= 15 is 0 Å². The third-order valence-corrected chi connectivity index (χ3v) is 4.56. The lowest BCUT2D eigenvalue weighted by Crippen LogP contribution is -2.31. The van der Waals surface area contributed by atoms with Crippen LogP contribution >= 0.6 is 0 Å². The number of carbonyl (C=O) groups excluding carboxylic acids is 1. The Kier molecular flexibility index (Phi) is 4.49. The minimum Gasteiger partial charge on any atom is -0.299 e. The van der Waals surface area contributed by atoms with Crippen molar-refractivity contribution in [3.63, 3.8) is 0 Å². The van der Waals surface area contributed by atoms with Crippen LogP contribution in [0.5, 0.6) is 0 Å². The summed E-state index contributed by atoms with van der Waals surface area (Å²) in [5.41, 5.74) is 2.58. The van der Waals surface area contributed by atoms with E-state index in [1.165, 1.54) is 17.5 Å². The molecule has 1 heteroatoms. The van der Waals surface area contributed by atoms with Gasteiger partial charge in [0.15, 0.2) is 0 Å². The van der Waals surface area contributed by atoms with Crippen LogP contribution < -0.4 is 0 Å². The van der Waals surface area contributed by atoms with Crippen molar-refractivity contribution in [3.05, 3.63) is 71.8 Å². The van der Waals surface area contributed by atoms with Crippen LogP contribution in [0.1, 0.15) is 30.4 Å². The van der Waals surface area contributed by atoms with E-state index in [4.69, 9.17) is 0 Å². The second-order valence-electron chi connectivity index (χ2n) is 6.11. The minimum absolute atomic E-state index is 0.217. The van der Waals surface area contributed by atoms with E-state index in [1.54, 1.807) is 0 Å². The molecule has 1 fully saturated rings. The molecule has 0 radical (unpaired) electrons. The third-order valence-electron chi connectivity index (χ3n) is 4.56. The maximum absolute atomic E-state index is 12.7. The van der Waals surface area contributed by atoms with Crippen molar-refractivity contribution in [3.8, 4) is 0 Å². The predicted octanol–water partition coefficient (Wildman–Crippen LogP) is 4.46. The minimum atomic E-state index is 0.217. The summed E-state index contributed by atoms with van der Waals surface area (Å²) in [5, 5.41) is 0. The zero-order chi connectivity index (χ0) is 14.5. The Hall–Kier alpha value is -1.89. The molecule has 0 heterocycles. The highest BCUT2D eigenvalue weighted by Crippen LogP contribution is 2.30. The van der Waals surface area contributed by atoms with Gasteiger partial charge in [-0.2, -0.15) is 0 Å². The lowest BCUT2D eigenvalue weighted by Gasteiger charge is -2.28. The van der Waals surface area contributed by atoms with Crippen LogP contribution in [0, 0.1) is 11.8 Å². The summed E-state index contributed by atoms with van der Waals surface area (Å²) in [6.07, 6.45) is 5.11. The fraction of sp³-hybridized carbons (Fsp3) is 0.350. The molecule has 1 saturated carbocycles. The van der Waals surface area contributed by atoms with Crippen LogP contribution in [-0.4, -0.2) is 5.78 Å². The highest BCUT2D eigenvalue weighted by molar-refractivity contribution is 5.84.